The van der Waals surface area contributed by atoms with Crippen LogP contribution in [0.15, 0.2) is 36.5 Å². The number of thiocarbonyl (C=S) groups is 1. The highest BCUT2D eigenvalue weighted by Gasteiger charge is 2.06. The summed E-state index contributed by atoms with van der Waals surface area (Å²) in [4.78, 5) is 12.2. The van der Waals surface area contributed by atoms with Gasteiger partial charge in [-0.15, -0.1) is 0 Å². The van der Waals surface area contributed by atoms with Crippen LogP contribution in [-0.4, -0.2) is 20.7 Å². The van der Waals surface area contributed by atoms with Crippen molar-refractivity contribution < 1.29 is 4.79 Å². The van der Waals surface area contributed by atoms with Crippen molar-refractivity contribution in [2.75, 3.05) is 5.32 Å². The largest absolute Gasteiger partial charge is 0.389 e. The summed E-state index contributed by atoms with van der Waals surface area (Å²) in [7, 11) is 0. The first-order valence-electron chi connectivity index (χ1n) is 5.74. The van der Waals surface area contributed by atoms with Gasteiger partial charge >= 0.3 is 0 Å². The van der Waals surface area contributed by atoms with Crippen LogP contribution in [0.1, 0.15) is 11.3 Å². The van der Waals surface area contributed by atoms with E-state index in [9.17, 15) is 4.79 Å². The first kappa shape index (κ1) is 13.2. The average molecular weight is 274 g/mol. The molecule has 0 aliphatic carbocycles. The molecule has 0 spiro atoms. The molecule has 1 heterocycles. The van der Waals surface area contributed by atoms with E-state index in [1.165, 1.54) is 0 Å². The lowest BCUT2D eigenvalue weighted by Crippen LogP contribution is -2.20. The van der Waals surface area contributed by atoms with Crippen LogP contribution in [0, 0.1) is 6.92 Å². The number of nitrogens with one attached hydrogen (secondary N) is 1. The SMILES string of the molecule is Cc1ccnn1CC(=O)Nc1cccc(C(N)=S)c1. The highest BCUT2D eigenvalue weighted by molar-refractivity contribution is 7.80. The number of rotatable bonds is 4. The van der Waals surface area contributed by atoms with Crippen LogP contribution in [0.2, 0.25) is 0 Å². The fourth-order valence-electron chi connectivity index (χ4n) is 1.65. The number of amides is 1. The Morgan fingerprint density at radius 3 is 2.89 bits per heavy atom. The van der Waals surface area contributed by atoms with Crippen molar-refractivity contribution in [2.45, 2.75) is 13.5 Å². The summed E-state index contributed by atoms with van der Waals surface area (Å²) in [6, 6.07) is 8.98. The molecule has 0 radical (unpaired) electrons. The molecule has 2 aromatic rings. The molecule has 0 unspecified atom stereocenters. The molecule has 1 aromatic heterocycles. The lowest BCUT2D eigenvalue weighted by Gasteiger charge is -2.08. The van der Waals surface area contributed by atoms with Gasteiger partial charge in [0, 0.05) is 23.1 Å². The molecule has 3 N–H and O–H groups in total. The zero-order valence-corrected chi connectivity index (χ0v) is 11.3. The molecular weight excluding hydrogens is 260 g/mol. The Bertz CT molecular complexity index is 621. The average Bonchev–Trinajstić information content (AvgIpc) is 2.75. The van der Waals surface area contributed by atoms with Crippen LogP contribution in [-0.2, 0) is 11.3 Å². The number of carbonyl (C=O) groups is 1. The van der Waals surface area contributed by atoms with Gasteiger partial charge in [0.1, 0.15) is 11.5 Å². The minimum atomic E-state index is -0.146. The molecule has 19 heavy (non-hydrogen) atoms. The molecule has 0 saturated carbocycles. The first-order valence-corrected chi connectivity index (χ1v) is 6.15. The quantitative estimate of drug-likeness (QED) is 0.828. The summed E-state index contributed by atoms with van der Waals surface area (Å²) >= 11 is 4.90. The van der Waals surface area contributed by atoms with E-state index in [2.05, 4.69) is 10.4 Å². The minimum absolute atomic E-state index is 0.146. The van der Waals surface area contributed by atoms with Gasteiger partial charge in [-0.3, -0.25) is 9.48 Å². The monoisotopic (exact) mass is 274 g/mol. The van der Waals surface area contributed by atoms with Gasteiger partial charge in [0.2, 0.25) is 5.91 Å². The van der Waals surface area contributed by atoms with Gasteiger partial charge in [-0.2, -0.15) is 5.10 Å². The highest BCUT2D eigenvalue weighted by Crippen LogP contribution is 2.10. The maximum absolute atomic E-state index is 11.9. The Labute approximate surface area is 116 Å². The Balaban J connectivity index is 2.05. The van der Waals surface area contributed by atoms with E-state index in [4.69, 9.17) is 18.0 Å². The summed E-state index contributed by atoms with van der Waals surface area (Å²) in [5.74, 6) is -0.146. The van der Waals surface area contributed by atoms with Crippen molar-refractivity contribution >= 4 is 28.8 Å². The van der Waals surface area contributed by atoms with Crippen LogP contribution in [0.3, 0.4) is 0 Å². The van der Waals surface area contributed by atoms with Crippen LogP contribution in [0.25, 0.3) is 0 Å². The second-order valence-corrected chi connectivity index (χ2v) is 4.56. The lowest BCUT2D eigenvalue weighted by molar-refractivity contribution is -0.116. The number of benzene rings is 1. The molecular formula is C13H14N4OS. The number of nitrogens with zero attached hydrogens (tertiary/aromatic N) is 2. The molecule has 0 aliphatic heterocycles. The first-order chi connectivity index (χ1) is 9.06. The van der Waals surface area contributed by atoms with Gasteiger partial charge in [-0.1, -0.05) is 24.4 Å². The van der Waals surface area contributed by atoms with Crippen LogP contribution < -0.4 is 11.1 Å². The number of aromatic nitrogens is 2. The topological polar surface area (TPSA) is 72.9 Å². The van der Waals surface area contributed by atoms with E-state index >= 15 is 0 Å². The normalized spacial score (nSPS) is 10.2. The zero-order valence-electron chi connectivity index (χ0n) is 10.5. The third-order valence-corrected chi connectivity index (χ3v) is 2.89. The molecule has 0 atom stereocenters. The fourth-order valence-corrected chi connectivity index (χ4v) is 1.78. The zero-order chi connectivity index (χ0) is 13.8. The standard InChI is InChI=1S/C13H14N4OS/c1-9-5-6-15-17(9)8-12(18)16-11-4-2-3-10(7-11)13(14)19/h2-7H,8H2,1H3,(H2,14,19)(H,16,18). The lowest BCUT2D eigenvalue weighted by atomic mass is 10.2. The number of hydrogen-bond acceptors (Lipinski definition) is 3. The number of nitrogens with two attached hydrogens (primary N) is 1. The summed E-state index contributed by atoms with van der Waals surface area (Å²) in [5.41, 5.74) is 7.88. The Morgan fingerprint density at radius 1 is 1.47 bits per heavy atom. The third-order valence-electron chi connectivity index (χ3n) is 2.65. The molecule has 0 bridgehead atoms. The molecule has 1 amide bonds. The molecule has 0 aliphatic rings. The maximum Gasteiger partial charge on any atom is 0.246 e. The Kier molecular flexibility index (Phi) is 3.91. The number of aryl methyl sites for hydroxylation is 1. The van der Waals surface area contributed by atoms with Crippen LogP contribution in [0.5, 0.6) is 0 Å². The van der Waals surface area contributed by atoms with Crippen molar-refractivity contribution in [3.63, 3.8) is 0 Å². The molecule has 6 heteroatoms. The fraction of sp³-hybridized carbons (Fsp3) is 0.154. The van der Waals surface area contributed by atoms with Crippen LogP contribution >= 0.6 is 12.2 Å². The van der Waals surface area contributed by atoms with Gasteiger partial charge in [0.25, 0.3) is 0 Å². The van der Waals surface area contributed by atoms with E-state index in [1.807, 2.05) is 13.0 Å². The smallest absolute Gasteiger partial charge is 0.246 e. The molecule has 5 nitrogen and oxygen atoms in total. The van der Waals surface area contributed by atoms with Gasteiger partial charge in [-0.05, 0) is 25.1 Å². The van der Waals surface area contributed by atoms with Gasteiger partial charge in [-0.25, -0.2) is 0 Å². The summed E-state index contributed by atoms with van der Waals surface area (Å²) in [6.45, 7) is 2.07. The molecule has 2 rings (SSSR count). The van der Waals surface area contributed by atoms with Crippen molar-refractivity contribution in [1.82, 2.24) is 9.78 Å². The third kappa shape index (κ3) is 3.38. The summed E-state index contributed by atoms with van der Waals surface area (Å²) in [6.07, 6.45) is 1.66. The Hall–Kier alpha value is -2.21. The van der Waals surface area contributed by atoms with E-state index < -0.39 is 0 Å². The second-order valence-electron chi connectivity index (χ2n) is 4.12. The van der Waals surface area contributed by atoms with Gasteiger partial charge < -0.3 is 11.1 Å². The maximum atomic E-state index is 11.9. The highest BCUT2D eigenvalue weighted by atomic mass is 32.1. The molecule has 0 saturated heterocycles. The predicted molar refractivity (Wildman–Crippen MR) is 77.9 cm³/mol. The van der Waals surface area contributed by atoms with E-state index in [1.54, 1.807) is 35.1 Å². The van der Waals surface area contributed by atoms with Crippen LogP contribution in [0.4, 0.5) is 5.69 Å². The minimum Gasteiger partial charge on any atom is -0.389 e. The number of carbonyl (C=O) groups excluding carboxylic acids is 1. The second kappa shape index (κ2) is 5.62. The van der Waals surface area contributed by atoms with E-state index in [0.29, 0.717) is 10.7 Å². The number of hydrogen-bond donors (Lipinski definition) is 2. The number of anilines is 1. The Morgan fingerprint density at radius 2 is 2.26 bits per heavy atom. The molecule has 0 fully saturated rings. The van der Waals surface area contributed by atoms with Gasteiger partial charge in [0.05, 0.1) is 0 Å². The van der Waals surface area contributed by atoms with E-state index in [-0.39, 0.29) is 12.5 Å². The van der Waals surface area contributed by atoms with E-state index in [0.717, 1.165) is 11.3 Å². The predicted octanol–water partition coefficient (Wildman–Crippen LogP) is 1.46. The summed E-state index contributed by atoms with van der Waals surface area (Å²) < 4.78 is 1.63. The summed E-state index contributed by atoms with van der Waals surface area (Å²) in [5, 5.41) is 6.85. The van der Waals surface area contributed by atoms with Gasteiger partial charge in [0.15, 0.2) is 0 Å². The molecule has 1 aromatic carbocycles. The van der Waals surface area contributed by atoms with Crippen molar-refractivity contribution in [1.29, 1.82) is 0 Å². The molecule has 98 valence electrons. The van der Waals surface area contributed by atoms with Crippen molar-refractivity contribution in [3.05, 3.63) is 47.8 Å². The van der Waals surface area contributed by atoms with Crippen molar-refractivity contribution in [2.24, 2.45) is 5.73 Å². The van der Waals surface area contributed by atoms with Crippen molar-refractivity contribution in [3.8, 4) is 0 Å².